The van der Waals surface area contributed by atoms with E-state index in [1.807, 2.05) is 25.1 Å². The average Bonchev–Trinajstić information content (AvgIpc) is 2.51. The number of carboxylic acid groups (broad SMARTS) is 1. The van der Waals surface area contributed by atoms with Crippen LogP contribution in [0, 0.1) is 6.92 Å². The smallest absolute Gasteiger partial charge is 0.341 e. The molecule has 0 aromatic heterocycles. The van der Waals surface area contributed by atoms with Gasteiger partial charge in [-0.05, 0) is 47.2 Å². The summed E-state index contributed by atoms with van der Waals surface area (Å²) in [4.78, 5) is 11.7. The molecule has 2 aromatic rings. The maximum atomic E-state index is 10.6. The van der Waals surface area contributed by atoms with Gasteiger partial charge in [-0.1, -0.05) is 45.0 Å². The van der Waals surface area contributed by atoms with Crippen molar-refractivity contribution in [3.05, 3.63) is 59.2 Å². The SMILES string of the molecule is Cc1cc(SCc2ccc(C(C)(C)C)cc2)ccc1OCC(=O)O. The highest BCUT2D eigenvalue weighted by molar-refractivity contribution is 7.98. The largest absolute Gasteiger partial charge is 0.482 e. The molecule has 0 bridgehead atoms. The van der Waals surface area contributed by atoms with Crippen molar-refractivity contribution in [2.45, 2.75) is 43.8 Å². The van der Waals surface area contributed by atoms with Crippen molar-refractivity contribution in [3.63, 3.8) is 0 Å². The lowest BCUT2D eigenvalue weighted by atomic mass is 9.87. The molecule has 128 valence electrons. The Labute approximate surface area is 148 Å². The van der Waals surface area contributed by atoms with Crippen molar-refractivity contribution in [2.75, 3.05) is 6.61 Å². The Hall–Kier alpha value is -1.94. The second-order valence-electron chi connectivity index (χ2n) is 6.85. The van der Waals surface area contributed by atoms with E-state index < -0.39 is 5.97 Å². The predicted molar refractivity (Wildman–Crippen MR) is 99.0 cm³/mol. The molecule has 2 aromatic carbocycles. The lowest BCUT2D eigenvalue weighted by molar-refractivity contribution is -0.139. The quantitative estimate of drug-likeness (QED) is 0.745. The van der Waals surface area contributed by atoms with Crippen molar-refractivity contribution in [1.82, 2.24) is 0 Å². The van der Waals surface area contributed by atoms with E-state index in [1.165, 1.54) is 11.1 Å². The third-order valence-corrected chi connectivity index (χ3v) is 4.79. The highest BCUT2D eigenvalue weighted by Gasteiger charge is 2.12. The summed E-state index contributed by atoms with van der Waals surface area (Å²) in [6, 6.07) is 14.6. The van der Waals surface area contributed by atoms with Gasteiger partial charge >= 0.3 is 5.97 Å². The zero-order valence-electron chi connectivity index (χ0n) is 14.6. The van der Waals surface area contributed by atoms with E-state index in [-0.39, 0.29) is 12.0 Å². The molecule has 0 aliphatic rings. The van der Waals surface area contributed by atoms with Crippen molar-refractivity contribution >= 4 is 17.7 Å². The van der Waals surface area contributed by atoms with Gasteiger partial charge < -0.3 is 9.84 Å². The fourth-order valence-corrected chi connectivity index (χ4v) is 3.23. The fraction of sp³-hybridized carbons (Fsp3) is 0.350. The summed E-state index contributed by atoms with van der Waals surface area (Å²) in [6.07, 6.45) is 0. The van der Waals surface area contributed by atoms with Crippen LogP contribution < -0.4 is 4.74 Å². The fourth-order valence-electron chi connectivity index (χ4n) is 2.28. The Morgan fingerprint density at radius 3 is 2.33 bits per heavy atom. The maximum Gasteiger partial charge on any atom is 0.341 e. The van der Waals surface area contributed by atoms with Gasteiger partial charge in [0, 0.05) is 10.6 Å². The summed E-state index contributed by atoms with van der Waals surface area (Å²) in [6.45, 7) is 8.27. The molecule has 1 N–H and O–H groups in total. The van der Waals surface area contributed by atoms with Crippen molar-refractivity contribution in [1.29, 1.82) is 0 Å². The molecule has 0 amide bonds. The Bertz CT molecular complexity index is 700. The molecule has 0 fully saturated rings. The number of benzene rings is 2. The first-order valence-electron chi connectivity index (χ1n) is 7.93. The molecule has 4 heteroatoms. The number of thioether (sulfide) groups is 1. The zero-order valence-corrected chi connectivity index (χ0v) is 15.4. The molecule has 24 heavy (non-hydrogen) atoms. The highest BCUT2D eigenvalue weighted by atomic mass is 32.2. The van der Waals surface area contributed by atoms with Crippen molar-refractivity contribution < 1.29 is 14.6 Å². The van der Waals surface area contributed by atoms with Crippen molar-refractivity contribution in [3.8, 4) is 5.75 Å². The number of ether oxygens (including phenoxy) is 1. The molecular formula is C20H24O3S. The minimum Gasteiger partial charge on any atom is -0.482 e. The average molecular weight is 344 g/mol. The van der Waals surface area contributed by atoms with Crippen LogP contribution >= 0.6 is 11.8 Å². The standard InChI is InChI=1S/C20H24O3S/c1-14-11-17(9-10-18(14)23-12-19(21)22)24-13-15-5-7-16(8-6-15)20(2,3)4/h5-11H,12-13H2,1-4H3,(H,21,22). The molecule has 0 aliphatic heterocycles. The Kier molecular flexibility index (Phi) is 5.94. The summed E-state index contributed by atoms with van der Waals surface area (Å²) >= 11 is 1.76. The van der Waals surface area contributed by atoms with Gasteiger partial charge in [0.1, 0.15) is 5.75 Å². The van der Waals surface area contributed by atoms with Crippen LogP contribution in [-0.2, 0) is 16.0 Å². The summed E-state index contributed by atoms with van der Waals surface area (Å²) in [5.41, 5.74) is 3.75. The third-order valence-electron chi connectivity index (χ3n) is 3.72. The van der Waals surface area contributed by atoms with E-state index in [0.29, 0.717) is 5.75 Å². The molecule has 0 atom stereocenters. The van der Waals surface area contributed by atoms with Crippen LogP contribution in [-0.4, -0.2) is 17.7 Å². The molecule has 0 aliphatic carbocycles. The number of hydrogen-bond acceptors (Lipinski definition) is 3. The normalized spacial score (nSPS) is 11.3. The lowest BCUT2D eigenvalue weighted by Gasteiger charge is -2.19. The number of aryl methyl sites for hydroxylation is 1. The van der Waals surface area contributed by atoms with Gasteiger partial charge in [0.15, 0.2) is 6.61 Å². The molecular weight excluding hydrogens is 320 g/mol. The zero-order chi connectivity index (χ0) is 17.7. The molecule has 2 rings (SSSR count). The maximum absolute atomic E-state index is 10.6. The Morgan fingerprint density at radius 1 is 1.12 bits per heavy atom. The van der Waals surface area contributed by atoms with Gasteiger partial charge in [-0.3, -0.25) is 0 Å². The van der Waals surface area contributed by atoms with Crippen LogP contribution in [0.3, 0.4) is 0 Å². The number of hydrogen-bond donors (Lipinski definition) is 1. The second kappa shape index (κ2) is 7.75. The van der Waals surface area contributed by atoms with Crippen molar-refractivity contribution in [2.24, 2.45) is 0 Å². The van der Waals surface area contributed by atoms with Gasteiger partial charge in [-0.25, -0.2) is 4.79 Å². The molecule has 0 heterocycles. The van der Waals surface area contributed by atoms with E-state index in [0.717, 1.165) is 16.2 Å². The second-order valence-corrected chi connectivity index (χ2v) is 7.89. The highest BCUT2D eigenvalue weighted by Crippen LogP contribution is 2.29. The first kappa shape index (κ1) is 18.4. The van der Waals surface area contributed by atoms with Crippen LogP contribution in [0.2, 0.25) is 0 Å². The first-order chi connectivity index (χ1) is 11.3. The van der Waals surface area contributed by atoms with E-state index in [2.05, 4.69) is 45.0 Å². The van der Waals surface area contributed by atoms with Gasteiger partial charge in [-0.2, -0.15) is 0 Å². The summed E-state index contributed by atoms with van der Waals surface area (Å²) in [7, 11) is 0. The Balaban J connectivity index is 1.97. The molecule has 0 radical (unpaired) electrons. The van der Waals surface area contributed by atoms with Gasteiger partial charge in [-0.15, -0.1) is 11.8 Å². The first-order valence-corrected chi connectivity index (χ1v) is 8.92. The molecule has 3 nitrogen and oxygen atoms in total. The van der Waals surface area contributed by atoms with Gasteiger partial charge in [0.05, 0.1) is 0 Å². The summed E-state index contributed by atoms with van der Waals surface area (Å²) in [5.74, 6) is 0.557. The minimum absolute atomic E-state index is 0.175. The topological polar surface area (TPSA) is 46.5 Å². The third kappa shape index (κ3) is 5.31. The van der Waals surface area contributed by atoms with Gasteiger partial charge in [0.25, 0.3) is 0 Å². The molecule has 0 saturated heterocycles. The number of aliphatic carboxylic acids is 1. The molecule has 0 unspecified atom stereocenters. The number of rotatable bonds is 6. The lowest BCUT2D eigenvalue weighted by Crippen LogP contribution is -2.10. The molecule has 0 spiro atoms. The predicted octanol–water partition coefficient (Wildman–Crippen LogP) is 5.05. The molecule has 0 saturated carbocycles. The minimum atomic E-state index is -0.966. The van der Waals surface area contributed by atoms with Crippen LogP contribution in [0.1, 0.15) is 37.5 Å². The number of carbonyl (C=O) groups is 1. The van der Waals surface area contributed by atoms with E-state index >= 15 is 0 Å². The van der Waals surface area contributed by atoms with Crippen LogP contribution in [0.25, 0.3) is 0 Å². The Morgan fingerprint density at radius 2 is 1.79 bits per heavy atom. The monoisotopic (exact) mass is 344 g/mol. The van der Waals surface area contributed by atoms with Crippen LogP contribution in [0.4, 0.5) is 0 Å². The summed E-state index contributed by atoms with van der Waals surface area (Å²) in [5, 5.41) is 8.67. The number of carboxylic acids is 1. The van der Waals surface area contributed by atoms with Crippen LogP contribution in [0.15, 0.2) is 47.4 Å². The van der Waals surface area contributed by atoms with E-state index in [4.69, 9.17) is 9.84 Å². The van der Waals surface area contributed by atoms with E-state index in [1.54, 1.807) is 11.8 Å². The summed E-state index contributed by atoms with van der Waals surface area (Å²) < 4.78 is 5.25. The van der Waals surface area contributed by atoms with Crippen LogP contribution in [0.5, 0.6) is 5.75 Å². The van der Waals surface area contributed by atoms with E-state index in [9.17, 15) is 4.79 Å². The van der Waals surface area contributed by atoms with Gasteiger partial charge in [0.2, 0.25) is 0 Å².